The molecule has 0 saturated heterocycles. The molecular weight excluding hydrogens is 274 g/mol. The molecule has 0 aliphatic carbocycles. The fraction of sp³-hybridized carbons (Fsp3) is 0.500. The summed E-state index contributed by atoms with van der Waals surface area (Å²) in [6.07, 6.45) is 8.95. The van der Waals surface area contributed by atoms with E-state index in [4.69, 9.17) is 4.74 Å². The summed E-state index contributed by atoms with van der Waals surface area (Å²) < 4.78 is 7.97. The van der Waals surface area contributed by atoms with Crippen LogP contribution in [0.1, 0.15) is 30.9 Å². The van der Waals surface area contributed by atoms with Crippen LogP contribution < -0.4 is 4.74 Å². The van der Waals surface area contributed by atoms with Gasteiger partial charge in [-0.05, 0) is 51.5 Å². The lowest BCUT2D eigenvalue weighted by Gasteiger charge is -2.14. The van der Waals surface area contributed by atoms with Crippen LogP contribution >= 0.6 is 0 Å². The lowest BCUT2D eigenvalue weighted by atomic mass is 10.0. The Kier molecular flexibility index (Phi) is 6.46. The molecule has 2 aromatic rings. The molecule has 0 spiro atoms. The molecule has 0 bridgehead atoms. The second kappa shape index (κ2) is 8.59. The quantitative estimate of drug-likeness (QED) is 0.712. The third-order valence-corrected chi connectivity index (χ3v) is 3.57. The minimum absolute atomic E-state index is 0.761. The average molecular weight is 301 g/mol. The van der Waals surface area contributed by atoms with E-state index in [0.717, 1.165) is 38.3 Å². The topological polar surface area (TPSA) is 30.3 Å². The zero-order valence-corrected chi connectivity index (χ0v) is 14.0. The van der Waals surface area contributed by atoms with Crippen LogP contribution in [-0.2, 0) is 13.0 Å². The highest BCUT2D eigenvalue weighted by Crippen LogP contribution is 2.22. The first kappa shape index (κ1) is 16.6. The predicted molar refractivity (Wildman–Crippen MR) is 90.4 cm³/mol. The molecule has 0 radical (unpaired) electrons. The lowest BCUT2D eigenvalue weighted by molar-refractivity contribution is 0.313. The van der Waals surface area contributed by atoms with Gasteiger partial charge in [0.05, 0.1) is 19.5 Å². The van der Waals surface area contributed by atoms with Crippen LogP contribution in [-0.4, -0.2) is 41.7 Å². The fourth-order valence-corrected chi connectivity index (χ4v) is 2.44. The smallest absolute Gasteiger partial charge is 0.124 e. The van der Waals surface area contributed by atoms with Crippen molar-refractivity contribution in [2.24, 2.45) is 0 Å². The predicted octanol–water partition coefficient (Wildman–Crippen LogP) is 3.21. The van der Waals surface area contributed by atoms with Crippen molar-refractivity contribution in [2.45, 2.75) is 32.7 Å². The van der Waals surface area contributed by atoms with E-state index in [1.165, 1.54) is 17.5 Å². The molecule has 0 saturated carbocycles. The minimum atomic E-state index is 0.761. The summed E-state index contributed by atoms with van der Waals surface area (Å²) in [6.45, 7) is 4.81. The molecule has 120 valence electrons. The minimum Gasteiger partial charge on any atom is -0.493 e. The number of rotatable bonds is 9. The normalized spacial score (nSPS) is 11.1. The van der Waals surface area contributed by atoms with E-state index in [0.29, 0.717) is 0 Å². The molecule has 0 aliphatic heterocycles. The summed E-state index contributed by atoms with van der Waals surface area (Å²) in [7, 11) is 4.23. The summed E-state index contributed by atoms with van der Waals surface area (Å²) in [5.41, 5.74) is 2.61. The zero-order chi connectivity index (χ0) is 15.8. The van der Waals surface area contributed by atoms with Crippen molar-refractivity contribution >= 4 is 0 Å². The highest BCUT2D eigenvalue weighted by molar-refractivity contribution is 5.37. The number of imidazole rings is 1. The molecule has 1 heterocycles. The molecule has 0 unspecified atom stereocenters. The van der Waals surface area contributed by atoms with Crippen LogP contribution in [0.4, 0.5) is 0 Å². The van der Waals surface area contributed by atoms with E-state index in [9.17, 15) is 0 Å². The Bertz CT molecular complexity index is 549. The molecule has 1 aromatic carbocycles. The summed E-state index contributed by atoms with van der Waals surface area (Å²) >= 11 is 0. The van der Waals surface area contributed by atoms with Crippen LogP contribution in [0.5, 0.6) is 5.75 Å². The molecule has 2 rings (SSSR count). The van der Waals surface area contributed by atoms with Crippen molar-refractivity contribution in [1.29, 1.82) is 0 Å². The van der Waals surface area contributed by atoms with Crippen LogP contribution in [0.2, 0.25) is 0 Å². The van der Waals surface area contributed by atoms with E-state index in [2.05, 4.69) is 53.7 Å². The maximum Gasteiger partial charge on any atom is 0.124 e. The second-order valence-corrected chi connectivity index (χ2v) is 5.93. The molecule has 1 aromatic heterocycles. The molecule has 22 heavy (non-hydrogen) atoms. The van der Waals surface area contributed by atoms with Gasteiger partial charge < -0.3 is 14.2 Å². The van der Waals surface area contributed by atoms with Crippen molar-refractivity contribution < 1.29 is 4.74 Å². The molecular formula is C18H27N3O. The van der Waals surface area contributed by atoms with Gasteiger partial charge in [-0.2, -0.15) is 0 Å². The van der Waals surface area contributed by atoms with Crippen LogP contribution in [0.15, 0.2) is 36.9 Å². The number of hydrogen-bond donors (Lipinski definition) is 0. The Balaban J connectivity index is 2.09. The summed E-state index contributed by atoms with van der Waals surface area (Å²) in [5.74, 6) is 0.993. The summed E-state index contributed by atoms with van der Waals surface area (Å²) in [4.78, 5) is 6.35. The van der Waals surface area contributed by atoms with Gasteiger partial charge in [-0.15, -0.1) is 0 Å². The van der Waals surface area contributed by atoms with Crippen LogP contribution in [0.25, 0.3) is 0 Å². The number of hydrogen-bond acceptors (Lipinski definition) is 3. The van der Waals surface area contributed by atoms with Crippen molar-refractivity contribution in [3.63, 3.8) is 0 Å². The summed E-state index contributed by atoms with van der Waals surface area (Å²) in [5, 5.41) is 0. The third-order valence-electron chi connectivity index (χ3n) is 3.57. The molecule has 0 aliphatic rings. The van der Waals surface area contributed by atoms with Crippen molar-refractivity contribution in [3.8, 4) is 5.75 Å². The van der Waals surface area contributed by atoms with E-state index < -0.39 is 0 Å². The van der Waals surface area contributed by atoms with Crippen LogP contribution in [0.3, 0.4) is 0 Å². The van der Waals surface area contributed by atoms with Gasteiger partial charge in [0.25, 0.3) is 0 Å². The van der Waals surface area contributed by atoms with Gasteiger partial charge in [0.1, 0.15) is 5.75 Å². The highest BCUT2D eigenvalue weighted by Gasteiger charge is 2.07. The average Bonchev–Trinajstić information content (AvgIpc) is 2.99. The Morgan fingerprint density at radius 2 is 2.14 bits per heavy atom. The van der Waals surface area contributed by atoms with E-state index in [1.54, 1.807) is 0 Å². The Labute approximate surface area is 133 Å². The molecule has 0 atom stereocenters. The molecule has 0 fully saturated rings. The van der Waals surface area contributed by atoms with Gasteiger partial charge in [0.2, 0.25) is 0 Å². The maximum atomic E-state index is 5.89. The maximum absolute atomic E-state index is 5.89. The van der Waals surface area contributed by atoms with Crippen molar-refractivity contribution in [3.05, 3.63) is 48.0 Å². The van der Waals surface area contributed by atoms with Crippen molar-refractivity contribution in [1.82, 2.24) is 14.5 Å². The number of aryl methyl sites for hydroxylation is 1. The van der Waals surface area contributed by atoms with E-state index >= 15 is 0 Å². The third kappa shape index (κ3) is 5.19. The number of benzene rings is 1. The largest absolute Gasteiger partial charge is 0.493 e. The zero-order valence-electron chi connectivity index (χ0n) is 14.0. The number of aromatic nitrogens is 2. The van der Waals surface area contributed by atoms with Gasteiger partial charge in [-0.3, -0.25) is 0 Å². The SMILES string of the molecule is CCCOc1ccc(CCCN(C)C)cc1Cn1ccnc1. The summed E-state index contributed by atoms with van der Waals surface area (Å²) in [6, 6.07) is 6.59. The van der Waals surface area contributed by atoms with Crippen molar-refractivity contribution in [2.75, 3.05) is 27.2 Å². The first-order valence-corrected chi connectivity index (χ1v) is 8.04. The molecule has 0 amide bonds. The molecule has 4 nitrogen and oxygen atoms in total. The van der Waals surface area contributed by atoms with Gasteiger partial charge >= 0.3 is 0 Å². The number of nitrogens with zero attached hydrogens (tertiary/aromatic N) is 3. The van der Waals surface area contributed by atoms with Gasteiger partial charge in [0, 0.05) is 18.0 Å². The van der Waals surface area contributed by atoms with Crippen LogP contribution in [0, 0.1) is 0 Å². The lowest BCUT2D eigenvalue weighted by Crippen LogP contribution is -2.13. The monoisotopic (exact) mass is 301 g/mol. The van der Waals surface area contributed by atoms with E-state index in [-0.39, 0.29) is 0 Å². The molecule has 0 N–H and O–H groups in total. The highest BCUT2D eigenvalue weighted by atomic mass is 16.5. The second-order valence-electron chi connectivity index (χ2n) is 5.93. The van der Waals surface area contributed by atoms with Gasteiger partial charge in [-0.25, -0.2) is 4.98 Å². The molecule has 4 heteroatoms. The first-order chi connectivity index (χ1) is 10.7. The van der Waals surface area contributed by atoms with E-state index in [1.807, 2.05) is 18.7 Å². The first-order valence-electron chi connectivity index (χ1n) is 8.04. The van der Waals surface area contributed by atoms with Gasteiger partial charge in [0.15, 0.2) is 0 Å². The Hall–Kier alpha value is -1.81. The van der Waals surface area contributed by atoms with Gasteiger partial charge in [-0.1, -0.05) is 19.1 Å². The standard InChI is InChI=1S/C18H27N3O/c1-4-12-22-18-8-7-16(6-5-10-20(2)3)13-17(18)14-21-11-9-19-15-21/h7-9,11,13,15H,4-6,10,12,14H2,1-3H3. The Morgan fingerprint density at radius 1 is 1.27 bits per heavy atom. The Morgan fingerprint density at radius 3 is 2.82 bits per heavy atom. The fourth-order valence-electron chi connectivity index (χ4n) is 2.44. The number of ether oxygens (including phenoxy) is 1.